The van der Waals surface area contributed by atoms with Gasteiger partial charge in [-0.05, 0) is 65.2 Å². The SMILES string of the molecule is CC(C)(C)OC(=O)NCCSc1nonc1C(=NO)Nc1ccc(F)c(Br)c1. The van der Waals surface area contributed by atoms with Crippen LogP contribution >= 0.6 is 27.7 Å². The van der Waals surface area contributed by atoms with Crippen LogP contribution in [0, 0.1) is 5.82 Å². The summed E-state index contributed by atoms with van der Waals surface area (Å²) in [7, 11) is 0. The fourth-order valence-electron chi connectivity index (χ4n) is 1.88. The second kappa shape index (κ2) is 9.73. The van der Waals surface area contributed by atoms with E-state index in [1.807, 2.05) is 0 Å². The molecular formula is C16H19BrFN5O4S. The molecule has 0 saturated carbocycles. The van der Waals surface area contributed by atoms with E-state index in [9.17, 15) is 14.4 Å². The number of hydrogen-bond acceptors (Lipinski definition) is 8. The van der Waals surface area contributed by atoms with Gasteiger partial charge in [-0.25, -0.2) is 13.8 Å². The van der Waals surface area contributed by atoms with Gasteiger partial charge in [-0.1, -0.05) is 16.9 Å². The molecule has 0 radical (unpaired) electrons. The van der Waals surface area contributed by atoms with Crippen molar-refractivity contribution >= 4 is 45.3 Å². The molecule has 1 aromatic carbocycles. The number of ether oxygens (including phenoxy) is 1. The quantitative estimate of drug-likeness (QED) is 0.144. The maximum Gasteiger partial charge on any atom is 0.407 e. The first-order valence-electron chi connectivity index (χ1n) is 8.06. The highest BCUT2D eigenvalue weighted by Gasteiger charge is 2.19. The Bertz CT molecular complexity index is 856. The first kappa shape index (κ1) is 22.0. The van der Waals surface area contributed by atoms with Gasteiger partial charge in [-0.15, -0.1) is 0 Å². The molecule has 2 rings (SSSR count). The summed E-state index contributed by atoms with van der Waals surface area (Å²) in [6.07, 6.45) is -0.521. The Balaban J connectivity index is 1.94. The molecule has 28 heavy (non-hydrogen) atoms. The van der Waals surface area contributed by atoms with E-state index in [0.717, 1.165) is 0 Å². The molecule has 1 aromatic heterocycles. The Morgan fingerprint density at radius 3 is 2.82 bits per heavy atom. The van der Waals surface area contributed by atoms with Gasteiger partial charge in [-0.3, -0.25) is 0 Å². The van der Waals surface area contributed by atoms with Crippen molar-refractivity contribution in [2.45, 2.75) is 31.4 Å². The number of hydrogen-bond donors (Lipinski definition) is 3. The van der Waals surface area contributed by atoms with Gasteiger partial charge in [0.15, 0.2) is 10.7 Å². The lowest BCUT2D eigenvalue weighted by Crippen LogP contribution is -2.33. The number of alkyl carbamates (subject to hydrolysis) is 1. The lowest BCUT2D eigenvalue weighted by Gasteiger charge is -2.19. The number of aromatic nitrogens is 2. The summed E-state index contributed by atoms with van der Waals surface area (Å²) in [5.74, 6) is -0.00594. The molecule has 0 saturated heterocycles. The molecule has 3 N–H and O–H groups in total. The molecule has 9 nitrogen and oxygen atoms in total. The summed E-state index contributed by atoms with van der Waals surface area (Å²) in [5, 5.41) is 25.8. The highest BCUT2D eigenvalue weighted by atomic mass is 79.9. The molecule has 0 spiro atoms. The van der Waals surface area contributed by atoms with Crippen LogP contribution in [0.5, 0.6) is 0 Å². The third kappa shape index (κ3) is 6.68. The van der Waals surface area contributed by atoms with E-state index in [2.05, 4.69) is 42.0 Å². The minimum atomic E-state index is -0.575. The molecule has 0 aliphatic rings. The third-order valence-corrected chi connectivity index (χ3v) is 4.53. The number of carbonyl (C=O) groups is 1. The van der Waals surface area contributed by atoms with Crippen molar-refractivity contribution in [3.05, 3.63) is 34.2 Å². The van der Waals surface area contributed by atoms with E-state index in [0.29, 0.717) is 23.0 Å². The number of amides is 1. The zero-order chi connectivity index (χ0) is 20.7. The molecule has 0 aliphatic carbocycles. The highest BCUT2D eigenvalue weighted by Crippen LogP contribution is 2.23. The second-order valence-corrected chi connectivity index (χ2v) is 8.34. The number of benzene rings is 1. The van der Waals surface area contributed by atoms with Crippen molar-refractivity contribution in [3.8, 4) is 0 Å². The fourth-order valence-corrected chi connectivity index (χ4v) is 3.01. The molecule has 1 amide bonds. The lowest BCUT2D eigenvalue weighted by atomic mass is 10.2. The first-order valence-corrected chi connectivity index (χ1v) is 9.84. The summed E-state index contributed by atoms with van der Waals surface area (Å²) in [4.78, 5) is 11.6. The van der Waals surface area contributed by atoms with Crippen LogP contribution in [0.25, 0.3) is 0 Å². The third-order valence-electron chi connectivity index (χ3n) is 2.97. The van der Waals surface area contributed by atoms with Crippen LogP contribution in [-0.2, 0) is 4.74 Å². The van der Waals surface area contributed by atoms with Crippen molar-refractivity contribution in [2.24, 2.45) is 5.16 Å². The number of halogens is 2. The molecule has 1 heterocycles. The Morgan fingerprint density at radius 1 is 1.43 bits per heavy atom. The number of nitrogens with one attached hydrogen (secondary N) is 2. The summed E-state index contributed by atoms with van der Waals surface area (Å²) >= 11 is 4.31. The normalized spacial score (nSPS) is 12.0. The highest BCUT2D eigenvalue weighted by molar-refractivity contribution is 9.10. The molecule has 0 fully saturated rings. The average Bonchev–Trinajstić information content (AvgIpc) is 3.06. The van der Waals surface area contributed by atoms with Crippen molar-refractivity contribution < 1.29 is 23.8 Å². The Hall–Kier alpha value is -2.34. The van der Waals surface area contributed by atoms with E-state index >= 15 is 0 Å². The maximum atomic E-state index is 13.3. The molecule has 0 unspecified atom stereocenters. The predicted octanol–water partition coefficient (Wildman–Crippen LogP) is 3.84. The molecule has 152 valence electrons. The van der Waals surface area contributed by atoms with Crippen LogP contribution < -0.4 is 10.6 Å². The number of anilines is 1. The summed E-state index contributed by atoms with van der Waals surface area (Å²) in [6, 6.07) is 4.20. The second-order valence-electron chi connectivity index (χ2n) is 6.40. The van der Waals surface area contributed by atoms with Gasteiger partial charge in [0.2, 0.25) is 5.84 Å². The van der Waals surface area contributed by atoms with Crippen LogP contribution in [-0.4, -0.2) is 45.3 Å². The van der Waals surface area contributed by atoms with Crippen LogP contribution in [0.2, 0.25) is 0 Å². The molecule has 12 heteroatoms. The number of nitrogens with zero attached hydrogens (tertiary/aromatic N) is 3. The zero-order valence-corrected chi connectivity index (χ0v) is 17.7. The maximum absolute atomic E-state index is 13.3. The Labute approximate surface area is 173 Å². The number of amidine groups is 1. The van der Waals surface area contributed by atoms with Gasteiger partial charge in [0.25, 0.3) is 0 Å². The largest absolute Gasteiger partial charge is 0.444 e. The summed E-state index contributed by atoms with van der Waals surface area (Å²) < 4.78 is 23.4. The Kier molecular flexibility index (Phi) is 7.63. The summed E-state index contributed by atoms with van der Waals surface area (Å²) in [6.45, 7) is 5.64. The molecular weight excluding hydrogens is 457 g/mol. The molecule has 0 bridgehead atoms. The minimum Gasteiger partial charge on any atom is -0.444 e. The predicted molar refractivity (Wildman–Crippen MR) is 105 cm³/mol. The van der Waals surface area contributed by atoms with E-state index < -0.39 is 17.5 Å². The van der Waals surface area contributed by atoms with E-state index in [1.165, 1.54) is 30.0 Å². The van der Waals surface area contributed by atoms with Crippen LogP contribution in [0.3, 0.4) is 0 Å². The van der Waals surface area contributed by atoms with Crippen LogP contribution in [0.1, 0.15) is 26.5 Å². The average molecular weight is 476 g/mol. The monoisotopic (exact) mass is 475 g/mol. The standard InChI is InChI=1S/C16H19BrFN5O4S/c1-16(2,3)26-15(24)19-6-7-28-14-12(22-27-23-14)13(21-25)20-9-4-5-11(18)10(17)8-9/h4-5,8,25H,6-7H2,1-3H3,(H,19,24)(H,20,21). The van der Waals surface area contributed by atoms with Gasteiger partial charge in [-0.2, -0.15) is 0 Å². The zero-order valence-electron chi connectivity index (χ0n) is 15.3. The molecule has 0 atom stereocenters. The number of carbonyl (C=O) groups excluding carboxylic acids is 1. The van der Waals surface area contributed by atoms with E-state index in [1.54, 1.807) is 20.8 Å². The van der Waals surface area contributed by atoms with Gasteiger partial charge in [0.1, 0.15) is 11.4 Å². The number of rotatable bonds is 6. The minimum absolute atomic E-state index is 0.0256. The topological polar surface area (TPSA) is 122 Å². The van der Waals surface area contributed by atoms with Crippen molar-refractivity contribution in [3.63, 3.8) is 0 Å². The van der Waals surface area contributed by atoms with Crippen molar-refractivity contribution in [2.75, 3.05) is 17.6 Å². The van der Waals surface area contributed by atoms with E-state index in [4.69, 9.17) is 9.37 Å². The molecule has 2 aromatic rings. The van der Waals surface area contributed by atoms with Crippen molar-refractivity contribution in [1.29, 1.82) is 0 Å². The molecule has 0 aliphatic heterocycles. The lowest BCUT2D eigenvalue weighted by molar-refractivity contribution is 0.0531. The number of oxime groups is 1. The first-order chi connectivity index (χ1) is 13.2. The van der Waals surface area contributed by atoms with Gasteiger partial charge < -0.3 is 20.6 Å². The van der Waals surface area contributed by atoms with Gasteiger partial charge >= 0.3 is 6.09 Å². The Morgan fingerprint density at radius 2 is 2.18 bits per heavy atom. The number of thioether (sulfide) groups is 1. The van der Waals surface area contributed by atoms with Crippen LogP contribution in [0.15, 0.2) is 37.5 Å². The van der Waals surface area contributed by atoms with Gasteiger partial charge in [0, 0.05) is 18.0 Å². The summed E-state index contributed by atoms with van der Waals surface area (Å²) in [5.41, 5.74) is 0.0605. The van der Waals surface area contributed by atoms with E-state index in [-0.39, 0.29) is 16.0 Å². The fraction of sp³-hybridized carbons (Fsp3) is 0.375. The van der Waals surface area contributed by atoms with Crippen molar-refractivity contribution in [1.82, 2.24) is 15.6 Å². The van der Waals surface area contributed by atoms with Crippen LogP contribution in [0.4, 0.5) is 14.9 Å². The van der Waals surface area contributed by atoms with Gasteiger partial charge in [0.05, 0.1) is 4.47 Å². The smallest absolute Gasteiger partial charge is 0.407 e.